The molecule has 13 heteroatoms. The third-order valence-electron chi connectivity index (χ3n) is 6.46. The number of hydrogen-bond acceptors (Lipinski definition) is 8. The first kappa shape index (κ1) is 29.3. The molecule has 11 nitrogen and oxygen atoms in total. The Hall–Kier alpha value is -3.65. The molecule has 0 spiro atoms. The minimum atomic E-state index is -3.90. The van der Waals surface area contributed by atoms with Gasteiger partial charge in [-0.2, -0.15) is 5.10 Å². The van der Waals surface area contributed by atoms with Crippen LogP contribution in [0.3, 0.4) is 0 Å². The number of sulfone groups is 1. The van der Waals surface area contributed by atoms with Crippen LogP contribution in [0.5, 0.6) is 0 Å². The van der Waals surface area contributed by atoms with Gasteiger partial charge in [0.1, 0.15) is 17.3 Å². The Morgan fingerprint density at radius 2 is 1.77 bits per heavy atom. The molecule has 1 aliphatic rings. The first-order chi connectivity index (χ1) is 19.1. The number of hydrogen-bond donors (Lipinski definition) is 2. The second-order valence-electron chi connectivity index (χ2n) is 9.40. The van der Waals surface area contributed by atoms with Gasteiger partial charge < -0.3 is 10.1 Å². The fourth-order valence-corrected chi connectivity index (χ4v) is 5.30. The van der Waals surface area contributed by atoms with Gasteiger partial charge in [-0.15, -0.1) is 0 Å². The minimum absolute atomic E-state index is 0.0196. The average molecular weight is 574 g/mol. The van der Waals surface area contributed by atoms with Crippen molar-refractivity contribution in [2.24, 2.45) is 7.05 Å². The summed E-state index contributed by atoms with van der Waals surface area (Å²) in [6.45, 7) is 5.47. The molecular formula is C27H32FN5O6S. The molecule has 0 radical (unpaired) electrons. The van der Waals surface area contributed by atoms with E-state index in [1.54, 1.807) is 44.3 Å². The Kier molecular flexibility index (Phi) is 9.63. The number of amides is 2. The van der Waals surface area contributed by atoms with E-state index < -0.39 is 27.5 Å². The predicted molar refractivity (Wildman–Crippen MR) is 144 cm³/mol. The molecule has 0 unspecified atom stereocenters. The van der Waals surface area contributed by atoms with Crippen LogP contribution in [0.1, 0.15) is 29.0 Å². The molecule has 0 saturated carbocycles. The number of hydroxylamine groups is 1. The Morgan fingerprint density at radius 1 is 1.10 bits per heavy atom. The van der Waals surface area contributed by atoms with Crippen LogP contribution < -0.4 is 10.8 Å². The molecule has 2 amide bonds. The van der Waals surface area contributed by atoms with Crippen LogP contribution in [-0.2, 0) is 31.3 Å². The predicted octanol–water partition coefficient (Wildman–Crippen LogP) is 1.87. The smallest absolute Gasteiger partial charge is 0.270 e. The van der Waals surface area contributed by atoms with Crippen molar-refractivity contribution in [2.45, 2.75) is 17.9 Å². The maximum Gasteiger partial charge on any atom is 0.270 e. The summed E-state index contributed by atoms with van der Waals surface area (Å²) in [7, 11) is -2.26. The van der Waals surface area contributed by atoms with Gasteiger partial charge in [-0.3, -0.25) is 24.0 Å². The third-order valence-corrected chi connectivity index (χ3v) is 8.09. The summed E-state index contributed by atoms with van der Waals surface area (Å²) in [6, 6.07) is 12.9. The SMILES string of the molecule is C[C@@H](NC(=O)c1cc(-c2ccc(F)cc2)nn1C)c1ccc(S(=O)(=O)CC(=O)NOCCN2CCOCC2)cc1. The highest BCUT2D eigenvalue weighted by atomic mass is 32.2. The number of nitrogens with one attached hydrogen (secondary N) is 2. The molecule has 0 bridgehead atoms. The summed E-state index contributed by atoms with van der Waals surface area (Å²) in [5.74, 6) is -2.26. The van der Waals surface area contributed by atoms with Gasteiger partial charge in [0.05, 0.1) is 36.5 Å². The van der Waals surface area contributed by atoms with E-state index in [1.807, 2.05) is 0 Å². The number of nitrogens with zero attached hydrogens (tertiary/aromatic N) is 3. The van der Waals surface area contributed by atoms with Crippen molar-refractivity contribution in [2.75, 3.05) is 45.2 Å². The zero-order chi connectivity index (χ0) is 28.7. The van der Waals surface area contributed by atoms with Crippen molar-refractivity contribution >= 4 is 21.7 Å². The zero-order valence-corrected chi connectivity index (χ0v) is 23.1. The molecule has 4 rings (SSSR count). The molecule has 2 N–H and O–H groups in total. The molecule has 0 aliphatic carbocycles. The van der Waals surface area contributed by atoms with Crippen LogP contribution in [0.2, 0.25) is 0 Å². The fraction of sp³-hybridized carbons (Fsp3) is 0.370. The Balaban J connectivity index is 1.29. The lowest BCUT2D eigenvalue weighted by Gasteiger charge is -2.26. The maximum atomic E-state index is 13.2. The summed E-state index contributed by atoms with van der Waals surface area (Å²) >= 11 is 0. The van der Waals surface area contributed by atoms with Gasteiger partial charge in [0.2, 0.25) is 0 Å². The number of rotatable bonds is 11. The number of carbonyl (C=O) groups is 2. The molecule has 1 saturated heterocycles. The molecule has 40 heavy (non-hydrogen) atoms. The largest absolute Gasteiger partial charge is 0.379 e. The summed E-state index contributed by atoms with van der Waals surface area (Å²) in [6.07, 6.45) is 0. The molecule has 1 fully saturated rings. The van der Waals surface area contributed by atoms with E-state index in [-0.39, 0.29) is 23.2 Å². The van der Waals surface area contributed by atoms with Crippen molar-refractivity contribution in [1.29, 1.82) is 0 Å². The summed E-state index contributed by atoms with van der Waals surface area (Å²) < 4.78 is 45.3. The molecule has 1 atom stereocenters. The first-order valence-electron chi connectivity index (χ1n) is 12.8. The summed E-state index contributed by atoms with van der Waals surface area (Å²) in [5, 5.41) is 7.21. The van der Waals surface area contributed by atoms with Crippen molar-refractivity contribution in [3.63, 3.8) is 0 Å². The summed E-state index contributed by atoms with van der Waals surface area (Å²) in [4.78, 5) is 32.3. The maximum absolute atomic E-state index is 13.2. The molecule has 1 aromatic heterocycles. The highest BCUT2D eigenvalue weighted by Gasteiger charge is 2.21. The molecular weight excluding hydrogens is 541 g/mol. The quantitative estimate of drug-likeness (QED) is 0.263. The molecule has 2 heterocycles. The van der Waals surface area contributed by atoms with E-state index in [1.165, 1.54) is 28.9 Å². The molecule has 2 aromatic carbocycles. The average Bonchev–Trinajstić information content (AvgIpc) is 3.33. The zero-order valence-electron chi connectivity index (χ0n) is 22.3. The number of ether oxygens (including phenoxy) is 1. The topological polar surface area (TPSA) is 132 Å². The van der Waals surface area contributed by atoms with Crippen LogP contribution in [0.4, 0.5) is 4.39 Å². The van der Waals surface area contributed by atoms with Crippen molar-refractivity contribution in [3.05, 3.63) is 71.7 Å². The first-order valence-corrected chi connectivity index (χ1v) is 14.4. The van der Waals surface area contributed by atoms with E-state index >= 15 is 0 Å². The molecule has 214 valence electrons. The fourth-order valence-electron chi connectivity index (χ4n) is 4.18. The van der Waals surface area contributed by atoms with Crippen molar-refractivity contribution in [1.82, 2.24) is 25.5 Å². The normalized spacial score (nSPS) is 15.0. The van der Waals surface area contributed by atoms with Gasteiger partial charge in [0.25, 0.3) is 11.8 Å². The second-order valence-corrected chi connectivity index (χ2v) is 11.4. The van der Waals surface area contributed by atoms with Crippen LogP contribution in [-0.4, -0.2) is 80.1 Å². The number of aromatic nitrogens is 2. The van der Waals surface area contributed by atoms with Crippen LogP contribution in [0, 0.1) is 5.82 Å². The van der Waals surface area contributed by atoms with Crippen LogP contribution in [0.25, 0.3) is 11.3 Å². The monoisotopic (exact) mass is 573 g/mol. The molecule has 3 aromatic rings. The van der Waals surface area contributed by atoms with Crippen molar-refractivity contribution in [3.8, 4) is 11.3 Å². The lowest BCUT2D eigenvalue weighted by molar-refractivity contribution is -0.131. The Morgan fingerprint density at radius 3 is 2.45 bits per heavy atom. The van der Waals surface area contributed by atoms with Gasteiger partial charge in [-0.1, -0.05) is 12.1 Å². The number of benzene rings is 2. The van der Waals surface area contributed by atoms with Crippen LogP contribution >= 0.6 is 0 Å². The summed E-state index contributed by atoms with van der Waals surface area (Å²) in [5.41, 5.74) is 4.37. The van der Waals surface area contributed by atoms with Gasteiger partial charge in [0, 0.05) is 32.2 Å². The number of morpholine rings is 1. The number of aryl methyl sites for hydroxylation is 1. The minimum Gasteiger partial charge on any atom is -0.379 e. The van der Waals surface area contributed by atoms with E-state index in [4.69, 9.17) is 9.57 Å². The van der Waals surface area contributed by atoms with Gasteiger partial charge in [-0.25, -0.2) is 18.3 Å². The lowest BCUT2D eigenvalue weighted by atomic mass is 10.1. The van der Waals surface area contributed by atoms with E-state index in [0.29, 0.717) is 42.3 Å². The highest BCUT2D eigenvalue weighted by molar-refractivity contribution is 7.92. The Labute approximate surface area is 232 Å². The van der Waals surface area contributed by atoms with Crippen LogP contribution in [0.15, 0.2) is 59.5 Å². The second kappa shape index (κ2) is 13.1. The Bertz CT molecular complexity index is 1420. The van der Waals surface area contributed by atoms with Gasteiger partial charge in [-0.05, 0) is 55.0 Å². The molecule has 1 aliphatic heterocycles. The van der Waals surface area contributed by atoms with E-state index in [9.17, 15) is 22.4 Å². The third kappa shape index (κ3) is 7.72. The van der Waals surface area contributed by atoms with Gasteiger partial charge >= 0.3 is 0 Å². The lowest BCUT2D eigenvalue weighted by Crippen LogP contribution is -2.40. The van der Waals surface area contributed by atoms with E-state index in [0.717, 1.165) is 13.1 Å². The standard InChI is InChI=1S/C27H32FN5O6S/c1-19(29-27(35)25-17-24(30-32(25)2)21-3-7-22(28)8-4-21)20-5-9-23(10-6-20)40(36,37)18-26(34)31-39-16-13-33-11-14-38-15-12-33/h3-10,17,19H,11-16,18H2,1-2H3,(H,29,35)(H,31,34)/t19-/m1/s1. The van der Waals surface area contributed by atoms with Gasteiger partial charge in [0.15, 0.2) is 9.84 Å². The van der Waals surface area contributed by atoms with E-state index in [2.05, 4.69) is 20.8 Å². The number of halogens is 1. The van der Waals surface area contributed by atoms with Crippen molar-refractivity contribution < 1.29 is 32.0 Å². The number of carbonyl (C=O) groups excluding carboxylic acids is 2. The highest BCUT2D eigenvalue weighted by Crippen LogP contribution is 2.21.